The Morgan fingerprint density at radius 2 is 2.06 bits per heavy atom. The molecule has 2 fully saturated rings. The molecule has 2 nitrogen and oxygen atoms in total. The van der Waals surface area contributed by atoms with Crippen LogP contribution in [0.5, 0.6) is 0 Å². The summed E-state index contributed by atoms with van der Waals surface area (Å²) in [5.41, 5.74) is 0. The quantitative estimate of drug-likeness (QED) is 0.697. The molecule has 94 valence electrons. The summed E-state index contributed by atoms with van der Waals surface area (Å²) >= 11 is 0. The van der Waals surface area contributed by atoms with E-state index in [-0.39, 0.29) is 0 Å². The molecule has 16 heavy (non-hydrogen) atoms. The Morgan fingerprint density at radius 3 is 2.62 bits per heavy atom. The van der Waals surface area contributed by atoms with Crippen molar-refractivity contribution in [1.29, 1.82) is 0 Å². The first-order valence-electron chi connectivity index (χ1n) is 7.05. The van der Waals surface area contributed by atoms with Gasteiger partial charge in [-0.15, -0.1) is 0 Å². The predicted octanol–water partition coefficient (Wildman–Crippen LogP) is 2.35. The van der Waals surface area contributed by atoms with E-state index in [9.17, 15) is 0 Å². The van der Waals surface area contributed by atoms with Gasteiger partial charge >= 0.3 is 0 Å². The van der Waals surface area contributed by atoms with E-state index in [1.165, 1.54) is 45.2 Å². The van der Waals surface area contributed by atoms with Crippen LogP contribution in [-0.4, -0.2) is 38.1 Å². The van der Waals surface area contributed by atoms with Gasteiger partial charge in [0.05, 0.1) is 0 Å². The van der Waals surface area contributed by atoms with Gasteiger partial charge in [-0.2, -0.15) is 0 Å². The fourth-order valence-electron chi connectivity index (χ4n) is 3.78. The normalized spacial score (nSPS) is 34.9. The van der Waals surface area contributed by atoms with Crippen molar-refractivity contribution in [2.75, 3.05) is 27.2 Å². The van der Waals surface area contributed by atoms with Gasteiger partial charge in [-0.1, -0.05) is 6.42 Å². The van der Waals surface area contributed by atoms with E-state index in [1.54, 1.807) is 0 Å². The maximum absolute atomic E-state index is 3.74. The van der Waals surface area contributed by atoms with E-state index >= 15 is 0 Å². The van der Waals surface area contributed by atoms with Crippen LogP contribution in [0.25, 0.3) is 0 Å². The van der Waals surface area contributed by atoms with E-state index in [0.29, 0.717) is 0 Å². The summed E-state index contributed by atoms with van der Waals surface area (Å²) in [5.74, 6) is 3.13. The van der Waals surface area contributed by atoms with E-state index in [2.05, 4.69) is 31.2 Å². The van der Waals surface area contributed by atoms with Crippen molar-refractivity contribution in [3.8, 4) is 0 Å². The number of rotatable bonds is 6. The van der Waals surface area contributed by atoms with E-state index in [1.807, 2.05) is 0 Å². The van der Waals surface area contributed by atoms with Crippen LogP contribution in [0.4, 0.5) is 0 Å². The zero-order valence-electron chi connectivity index (χ0n) is 11.2. The average molecular weight is 224 g/mol. The number of fused-ring (bicyclic) bond motifs is 2. The smallest absolute Gasteiger partial charge is 0.00697 e. The molecule has 2 bridgehead atoms. The zero-order chi connectivity index (χ0) is 11.5. The lowest BCUT2D eigenvalue weighted by atomic mass is 9.84. The third-order valence-electron chi connectivity index (χ3n) is 4.68. The molecule has 0 aromatic heterocycles. The molecule has 2 aliphatic rings. The Morgan fingerprint density at radius 1 is 1.25 bits per heavy atom. The molecular formula is C14H28N2. The number of hydrogen-bond acceptors (Lipinski definition) is 2. The number of nitrogens with zero attached hydrogens (tertiary/aromatic N) is 1. The highest BCUT2D eigenvalue weighted by Crippen LogP contribution is 2.49. The minimum atomic E-state index is 0.748. The van der Waals surface area contributed by atoms with Crippen LogP contribution in [0.1, 0.15) is 39.0 Å². The summed E-state index contributed by atoms with van der Waals surface area (Å²) in [7, 11) is 4.30. The topological polar surface area (TPSA) is 15.3 Å². The van der Waals surface area contributed by atoms with Crippen molar-refractivity contribution in [2.24, 2.45) is 17.8 Å². The van der Waals surface area contributed by atoms with Crippen LogP contribution in [0.3, 0.4) is 0 Å². The minimum absolute atomic E-state index is 0.748. The Hall–Kier alpha value is -0.0800. The lowest BCUT2D eigenvalue weighted by molar-refractivity contribution is 0.257. The van der Waals surface area contributed by atoms with Crippen molar-refractivity contribution >= 4 is 0 Å². The highest BCUT2D eigenvalue weighted by molar-refractivity contribution is 4.93. The average Bonchev–Trinajstić information content (AvgIpc) is 2.85. The van der Waals surface area contributed by atoms with Gasteiger partial charge in [0.15, 0.2) is 0 Å². The highest BCUT2D eigenvalue weighted by atomic mass is 15.1. The predicted molar refractivity (Wildman–Crippen MR) is 69.6 cm³/mol. The minimum Gasteiger partial charge on any atom is -0.314 e. The van der Waals surface area contributed by atoms with Crippen molar-refractivity contribution in [3.05, 3.63) is 0 Å². The maximum atomic E-state index is 3.74. The van der Waals surface area contributed by atoms with Crippen LogP contribution in [0, 0.1) is 17.8 Å². The molecule has 2 aliphatic carbocycles. The molecular weight excluding hydrogens is 196 g/mol. The molecule has 2 saturated carbocycles. The molecule has 0 saturated heterocycles. The lowest BCUT2D eigenvalue weighted by Crippen LogP contribution is -2.37. The van der Waals surface area contributed by atoms with Gasteiger partial charge in [-0.3, -0.25) is 0 Å². The van der Waals surface area contributed by atoms with Crippen molar-refractivity contribution < 1.29 is 0 Å². The Bertz CT molecular complexity index is 215. The van der Waals surface area contributed by atoms with Crippen LogP contribution in [-0.2, 0) is 0 Å². The van der Waals surface area contributed by atoms with Crippen LogP contribution in [0.15, 0.2) is 0 Å². The number of nitrogens with one attached hydrogen (secondary N) is 1. The molecule has 0 radical (unpaired) electrons. The zero-order valence-corrected chi connectivity index (χ0v) is 11.2. The second-order valence-corrected chi connectivity index (χ2v) is 6.24. The maximum Gasteiger partial charge on any atom is 0.00697 e. The fraction of sp³-hybridized carbons (Fsp3) is 1.00. The van der Waals surface area contributed by atoms with Crippen molar-refractivity contribution in [1.82, 2.24) is 10.2 Å². The molecule has 0 amide bonds. The standard InChI is InChI=1S/C14H28N2/c1-11(15-7-4-8-16(2)3)14-10-12-5-6-13(14)9-12/h11-15H,4-10H2,1-3H3. The fourth-order valence-corrected chi connectivity index (χ4v) is 3.78. The van der Waals surface area contributed by atoms with Gasteiger partial charge in [-0.05, 0) is 77.5 Å². The molecule has 0 aromatic carbocycles. The Labute approximate surface area is 101 Å². The summed E-state index contributed by atoms with van der Waals surface area (Å²) in [6.45, 7) is 4.80. The number of hydrogen-bond donors (Lipinski definition) is 1. The van der Waals surface area contributed by atoms with Gasteiger partial charge in [0.1, 0.15) is 0 Å². The monoisotopic (exact) mass is 224 g/mol. The first kappa shape index (κ1) is 12.4. The van der Waals surface area contributed by atoms with Crippen molar-refractivity contribution in [2.45, 2.75) is 45.1 Å². The molecule has 2 heteroatoms. The highest BCUT2D eigenvalue weighted by Gasteiger charge is 2.41. The molecule has 2 rings (SSSR count). The summed E-state index contributed by atoms with van der Waals surface area (Å²) in [4.78, 5) is 2.27. The third-order valence-corrected chi connectivity index (χ3v) is 4.68. The summed E-state index contributed by atoms with van der Waals surface area (Å²) in [6, 6.07) is 0.748. The van der Waals surface area contributed by atoms with Gasteiger partial charge in [-0.25, -0.2) is 0 Å². The van der Waals surface area contributed by atoms with Gasteiger partial charge in [0.2, 0.25) is 0 Å². The molecule has 0 aliphatic heterocycles. The van der Waals surface area contributed by atoms with E-state index in [0.717, 1.165) is 23.8 Å². The first-order valence-corrected chi connectivity index (χ1v) is 7.05. The molecule has 4 unspecified atom stereocenters. The first-order chi connectivity index (χ1) is 7.66. The molecule has 1 N–H and O–H groups in total. The van der Waals surface area contributed by atoms with Crippen LogP contribution >= 0.6 is 0 Å². The van der Waals surface area contributed by atoms with Crippen LogP contribution < -0.4 is 5.32 Å². The Kier molecular flexibility index (Phi) is 4.26. The van der Waals surface area contributed by atoms with Gasteiger partial charge in [0.25, 0.3) is 0 Å². The molecule has 4 atom stereocenters. The second kappa shape index (κ2) is 5.50. The molecule has 0 spiro atoms. The third kappa shape index (κ3) is 2.98. The Balaban J connectivity index is 1.63. The van der Waals surface area contributed by atoms with E-state index < -0.39 is 0 Å². The summed E-state index contributed by atoms with van der Waals surface area (Å²) in [6.07, 6.45) is 7.35. The van der Waals surface area contributed by atoms with Gasteiger partial charge in [0, 0.05) is 6.04 Å². The second-order valence-electron chi connectivity index (χ2n) is 6.24. The summed E-state index contributed by atoms with van der Waals surface area (Å²) < 4.78 is 0. The van der Waals surface area contributed by atoms with Crippen molar-refractivity contribution in [3.63, 3.8) is 0 Å². The van der Waals surface area contributed by atoms with Gasteiger partial charge < -0.3 is 10.2 Å². The van der Waals surface area contributed by atoms with E-state index in [4.69, 9.17) is 0 Å². The lowest BCUT2D eigenvalue weighted by Gasteiger charge is -2.28. The molecule has 0 aromatic rings. The van der Waals surface area contributed by atoms with Crippen LogP contribution in [0.2, 0.25) is 0 Å². The largest absolute Gasteiger partial charge is 0.314 e. The summed E-state index contributed by atoms with van der Waals surface area (Å²) in [5, 5.41) is 3.74. The molecule has 0 heterocycles. The SMILES string of the molecule is CC(NCCCN(C)C)C1CC2CCC1C2.